The highest BCUT2D eigenvalue weighted by Gasteiger charge is 2.13. The Balaban J connectivity index is 1.22. The van der Waals surface area contributed by atoms with Crippen LogP contribution in [0.4, 0.5) is 0 Å². The van der Waals surface area contributed by atoms with Gasteiger partial charge in [-0.05, 0) is 35.9 Å². The van der Waals surface area contributed by atoms with Gasteiger partial charge < -0.3 is 24.6 Å². The molecule has 0 bridgehead atoms. The van der Waals surface area contributed by atoms with Crippen LogP contribution in [0.15, 0.2) is 48.7 Å². The lowest BCUT2D eigenvalue weighted by molar-refractivity contribution is 0.0702. The van der Waals surface area contributed by atoms with Crippen LogP contribution in [0.25, 0.3) is 10.6 Å². The minimum atomic E-state index is -0.917. The summed E-state index contributed by atoms with van der Waals surface area (Å²) in [7, 11) is 0. The molecule has 7 nitrogen and oxygen atoms in total. The maximum absolute atomic E-state index is 11.0. The van der Waals surface area contributed by atoms with Crippen molar-refractivity contribution in [2.75, 3.05) is 19.9 Å². The molecule has 0 unspecified atom stereocenters. The van der Waals surface area contributed by atoms with Gasteiger partial charge in [0.2, 0.25) is 6.79 Å². The molecule has 2 N–H and O–H groups in total. The number of carbonyl (C=O) groups is 1. The molecule has 1 aliphatic heterocycles. The fourth-order valence-corrected chi connectivity index (χ4v) is 3.53. The molecule has 0 aliphatic carbocycles. The van der Waals surface area contributed by atoms with Crippen molar-refractivity contribution in [1.82, 2.24) is 10.3 Å². The molecule has 0 saturated carbocycles. The third-order valence-electron chi connectivity index (χ3n) is 4.11. The zero-order valence-electron chi connectivity index (χ0n) is 14.9. The number of hydrogen-bond donors (Lipinski definition) is 2. The Morgan fingerprint density at radius 3 is 2.86 bits per heavy atom. The molecule has 4 rings (SSSR count). The predicted octanol–water partition coefficient (Wildman–Crippen LogP) is 3.41. The van der Waals surface area contributed by atoms with Crippen LogP contribution < -0.4 is 19.5 Å². The van der Waals surface area contributed by atoms with Crippen molar-refractivity contribution >= 4 is 17.3 Å². The van der Waals surface area contributed by atoms with Crippen LogP contribution in [0.1, 0.15) is 15.2 Å². The zero-order valence-corrected chi connectivity index (χ0v) is 15.7. The van der Waals surface area contributed by atoms with Gasteiger partial charge in [0, 0.05) is 25.4 Å². The second kappa shape index (κ2) is 8.28. The smallest absolute Gasteiger partial charge is 0.345 e. The second-order valence-corrected chi connectivity index (χ2v) is 7.14. The van der Waals surface area contributed by atoms with Crippen molar-refractivity contribution in [2.24, 2.45) is 0 Å². The summed E-state index contributed by atoms with van der Waals surface area (Å²) in [6.07, 6.45) is 1.79. The molecule has 8 heteroatoms. The van der Waals surface area contributed by atoms with Gasteiger partial charge in [-0.2, -0.15) is 0 Å². The number of nitrogens with zero attached hydrogens (tertiary/aromatic N) is 1. The molecule has 0 saturated heterocycles. The summed E-state index contributed by atoms with van der Waals surface area (Å²) in [5, 5.41) is 12.3. The number of thiophene rings is 1. The monoisotopic (exact) mass is 398 g/mol. The summed E-state index contributed by atoms with van der Waals surface area (Å²) >= 11 is 1.22. The second-order valence-electron chi connectivity index (χ2n) is 6.06. The van der Waals surface area contributed by atoms with E-state index >= 15 is 0 Å². The van der Waals surface area contributed by atoms with E-state index in [1.54, 1.807) is 18.3 Å². The minimum absolute atomic E-state index is 0.250. The summed E-state index contributed by atoms with van der Waals surface area (Å²) in [6.45, 7) is 2.13. The molecular weight excluding hydrogens is 380 g/mol. The van der Waals surface area contributed by atoms with Crippen molar-refractivity contribution in [3.05, 3.63) is 59.1 Å². The largest absolute Gasteiger partial charge is 0.492 e. The normalized spacial score (nSPS) is 12.1. The maximum Gasteiger partial charge on any atom is 0.345 e. The zero-order chi connectivity index (χ0) is 19.3. The molecule has 0 amide bonds. The lowest BCUT2D eigenvalue weighted by Gasteiger charge is -2.08. The first-order valence-corrected chi connectivity index (χ1v) is 9.52. The molecule has 3 aromatic rings. The number of aromatic nitrogens is 1. The van der Waals surface area contributed by atoms with Crippen molar-refractivity contribution in [1.29, 1.82) is 0 Å². The van der Waals surface area contributed by atoms with Gasteiger partial charge in [-0.1, -0.05) is 6.07 Å². The highest BCUT2D eigenvalue weighted by Crippen LogP contribution is 2.35. The Kier molecular flexibility index (Phi) is 5.41. The Labute approximate surface area is 165 Å². The van der Waals surface area contributed by atoms with Gasteiger partial charge in [0.05, 0.1) is 10.6 Å². The van der Waals surface area contributed by atoms with E-state index in [1.807, 2.05) is 30.3 Å². The predicted molar refractivity (Wildman–Crippen MR) is 104 cm³/mol. The summed E-state index contributed by atoms with van der Waals surface area (Å²) in [4.78, 5) is 16.5. The minimum Gasteiger partial charge on any atom is -0.492 e. The fraction of sp³-hybridized carbons (Fsp3) is 0.200. The SMILES string of the molecule is O=C(O)c1ccc(-c2ccc(CNCCOc3ccc4c(c3)OCO4)cn2)s1. The van der Waals surface area contributed by atoms with Crippen LogP contribution in [-0.2, 0) is 6.54 Å². The quantitative estimate of drug-likeness (QED) is 0.562. The van der Waals surface area contributed by atoms with E-state index in [9.17, 15) is 4.79 Å². The first-order valence-electron chi connectivity index (χ1n) is 8.70. The van der Waals surface area contributed by atoms with E-state index in [2.05, 4.69) is 10.3 Å². The number of benzene rings is 1. The van der Waals surface area contributed by atoms with Gasteiger partial charge in [0.25, 0.3) is 0 Å². The number of ether oxygens (including phenoxy) is 3. The standard InChI is InChI=1S/C20H18N2O5S/c23-20(24)19-6-5-18(28-19)15-3-1-13(11-22-15)10-21-7-8-25-14-2-4-16-17(9-14)27-12-26-16/h1-6,9,11,21H,7-8,10,12H2,(H,23,24). The topological polar surface area (TPSA) is 89.9 Å². The first-order chi connectivity index (χ1) is 13.7. The summed E-state index contributed by atoms with van der Waals surface area (Å²) in [5.74, 6) is 1.27. The summed E-state index contributed by atoms with van der Waals surface area (Å²) in [6, 6.07) is 12.8. The third kappa shape index (κ3) is 4.24. The molecule has 0 atom stereocenters. The number of pyridine rings is 1. The van der Waals surface area contributed by atoms with E-state index in [0.29, 0.717) is 30.3 Å². The highest BCUT2D eigenvalue weighted by molar-refractivity contribution is 7.17. The first kappa shape index (κ1) is 18.3. The average Bonchev–Trinajstić information content (AvgIpc) is 3.37. The van der Waals surface area contributed by atoms with E-state index in [1.165, 1.54) is 11.3 Å². The van der Waals surface area contributed by atoms with Gasteiger partial charge in [-0.15, -0.1) is 11.3 Å². The molecular formula is C20H18N2O5S. The molecule has 1 aromatic carbocycles. The fourth-order valence-electron chi connectivity index (χ4n) is 2.71. The van der Waals surface area contributed by atoms with Crippen molar-refractivity contribution in [3.8, 4) is 27.8 Å². The van der Waals surface area contributed by atoms with Gasteiger partial charge in [0.15, 0.2) is 11.5 Å². The molecule has 0 radical (unpaired) electrons. The van der Waals surface area contributed by atoms with E-state index in [-0.39, 0.29) is 6.79 Å². The Bertz CT molecular complexity index is 971. The van der Waals surface area contributed by atoms with Crippen molar-refractivity contribution < 1.29 is 24.1 Å². The van der Waals surface area contributed by atoms with Crippen molar-refractivity contribution in [3.63, 3.8) is 0 Å². The lowest BCUT2D eigenvalue weighted by Crippen LogP contribution is -2.20. The van der Waals surface area contributed by atoms with Gasteiger partial charge in [0.1, 0.15) is 17.2 Å². The Morgan fingerprint density at radius 1 is 1.18 bits per heavy atom. The molecule has 28 heavy (non-hydrogen) atoms. The van der Waals surface area contributed by atoms with E-state index in [4.69, 9.17) is 19.3 Å². The highest BCUT2D eigenvalue weighted by atomic mass is 32.1. The molecule has 144 valence electrons. The van der Waals surface area contributed by atoms with Crippen molar-refractivity contribution in [2.45, 2.75) is 6.54 Å². The number of hydrogen-bond acceptors (Lipinski definition) is 7. The molecule has 3 heterocycles. The maximum atomic E-state index is 11.0. The number of rotatable bonds is 8. The van der Waals surface area contributed by atoms with Crippen LogP contribution in [0.5, 0.6) is 17.2 Å². The number of aromatic carboxylic acids is 1. The number of carboxylic acid groups (broad SMARTS) is 1. The van der Waals surface area contributed by atoms with Gasteiger partial charge >= 0.3 is 5.97 Å². The third-order valence-corrected chi connectivity index (χ3v) is 5.21. The van der Waals surface area contributed by atoms with Crippen LogP contribution in [0.2, 0.25) is 0 Å². The molecule has 2 aromatic heterocycles. The van der Waals surface area contributed by atoms with E-state index < -0.39 is 5.97 Å². The number of fused-ring (bicyclic) bond motifs is 1. The van der Waals surface area contributed by atoms with Gasteiger partial charge in [-0.25, -0.2) is 4.79 Å². The van der Waals surface area contributed by atoms with Crippen LogP contribution in [0.3, 0.4) is 0 Å². The lowest BCUT2D eigenvalue weighted by atomic mass is 10.2. The number of carboxylic acids is 1. The molecule has 0 spiro atoms. The van der Waals surface area contributed by atoms with Crippen LogP contribution >= 0.6 is 11.3 Å². The van der Waals surface area contributed by atoms with Gasteiger partial charge in [-0.3, -0.25) is 4.98 Å². The summed E-state index contributed by atoms with van der Waals surface area (Å²) in [5.41, 5.74) is 1.81. The number of nitrogens with one attached hydrogen (secondary N) is 1. The molecule has 1 aliphatic rings. The summed E-state index contributed by atoms with van der Waals surface area (Å²) < 4.78 is 16.3. The van der Waals surface area contributed by atoms with Crippen LogP contribution in [0, 0.1) is 0 Å². The average molecular weight is 398 g/mol. The molecule has 0 fully saturated rings. The Hall–Kier alpha value is -3.10. The van der Waals surface area contributed by atoms with Crippen LogP contribution in [-0.4, -0.2) is 36.0 Å². The Morgan fingerprint density at radius 2 is 2.07 bits per heavy atom. The van der Waals surface area contributed by atoms with E-state index in [0.717, 1.165) is 27.6 Å².